The Balaban J connectivity index is 1.95. The Morgan fingerprint density at radius 2 is 1.64 bits per heavy atom. The van der Waals surface area contributed by atoms with Gasteiger partial charge in [0, 0.05) is 11.3 Å². The van der Waals surface area contributed by atoms with Gasteiger partial charge in [0.15, 0.2) is 0 Å². The van der Waals surface area contributed by atoms with Gasteiger partial charge in [0.05, 0.1) is 12.7 Å². The third kappa shape index (κ3) is 6.46. The van der Waals surface area contributed by atoms with Crippen LogP contribution in [0.25, 0.3) is 0 Å². The number of rotatable bonds is 6. The van der Waals surface area contributed by atoms with E-state index in [1.54, 1.807) is 24.3 Å². The highest BCUT2D eigenvalue weighted by Crippen LogP contribution is 2.24. The third-order valence-electron chi connectivity index (χ3n) is 3.15. The largest absolute Gasteiger partial charge is 0.573 e. The number of anilines is 1. The van der Waals surface area contributed by atoms with Gasteiger partial charge in [-0.05, 0) is 55.8 Å². The van der Waals surface area contributed by atoms with Crippen LogP contribution in [-0.2, 0) is 11.3 Å². The first-order chi connectivity index (χ1) is 11.7. The molecule has 0 aliphatic carbocycles. The highest BCUT2D eigenvalue weighted by molar-refractivity contribution is 6.04. The quantitative estimate of drug-likeness (QED) is 0.814. The number of benzene rings is 2. The molecule has 0 spiro atoms. The normalized spacial score (nSPS) is 11.4. The van der Waals surface area contributed by atoms with Crippen LogP contribution in [0.4, 0.5) is 18.9 Å². The summed E-state index contributed by atoms with van der Waals surface area (Å²) in [6, 6.07) is 11.8. The molecule has 0 unspecified atom stereocenters. The zero-order valence-corrected chi connectivity index (χ0v) is 13.8. The molecule has 7 heteroatoms. The summed E-state index contributed by atoms with van der Waals surface area (Å²) in [6.45, 7) is 4.33. The van der Waals surface area contributed by atoms with E-state index >= 15 is 0 Å². The minimum atomic E-state index is -4.74. The Morgan fingerprint density at radius 3 is 2.16 bits per heavy atom. The summed E-state index contributed by atoms with van der Waals surface area (Å²) >= 11 is 0. The van der Waals surface area contributed by atoms with Crippen molar-refractivity contribution >= 4 is 11.6 Å². The number of nitrogens with one attached hydrogen (secondary N) is 1. The average molecular weight is 353 g/mol. The van der Waals surface area contributed by atoms with E-state index in [1.807, 2.05) is 13.8 Å². The summed E-state index contributed by atoms with van der Waals surface area (Å²) in [7, 11) is 0. The lowest BCUT2D eigenvalue weighted by atomic mass is 10.1. The predicted molar refractivity (Wildman–Crippen MR) is 87.4 cm³/mol. The van der Waals surface area contributed by atoms with Crippen molar-refractivity contribution in [3.8, 4) is 5.75 Å². The van der Waals surface area contributed by atoms with E-state index < -0.39 is 6.36 Å². The first kappa shape index (κ1) is 18.8. The van der Waals surface area contributed by atoms with E-state index in [9.17, 15) is 18.0 Å². The molecule has 0 saturated heterocycles. The van der Waals surface area contributed by atoms with Crippen molar-refractivity contribution in [3.05, 3.63) is 59.7 Å². The molecule has 2 aromatic rings. The fourth-order valence-electron chi connectivity index (χ4n) is 1.96. The van der Waals surface area contributed by atoms with Crippen molar-refractivity contribution in [3.63, 3.8) is 0 Å². The zero-order valence-electron chi connectivity index (χ0n) is 13.8. The predicted octanol–water partition coefficient (Wildman–Crippen LogP) is 4.76. The van der Waals surface area contributed by atoms with Gasteiger partial charge in [-0.15, -0.1) is 13.2 Å². The van der Waals surface area contributed by atoms with Crippen LogP contribution in [0, 0.1) is 0 Å². The molecule has 134 valence electrons. The van der Waals surface area contributed by atoms with Crippen molar-refractivity contribution in [2.75, 3.05) is 5.32 Å². The number of hydrogen-bond acceptors (Lipinski definition) is 3. The van der Waals surface area contributed by atoms with Crippen LogP contribution in [-0.4, -0.2) is 18.4 Å². The van der Waals surface area contributed by atoms with E-state index in [0.29, 0.717) is 17.9 Å². The van der Waals surface area contributed by atoms with Crippen LogP contribution in [0.15, 0.2) is 48.5 Å². The van der Waals surface area contributed by atoms with Crippen LogP contribution < -0.4 is 10.1 Å². The molecule has 2 aromatic carbocycles. The van der Waals surface area contributed by atoms with Gasteiger partial charge in [0.1, 0.15) is 5.75 Å². The van der Waals surface area contributed by atoms with Crippen LogP contribution in [0.3, 0.4) is 0 Å². The van der Waals surface area contributed by atoms with Gasteiger partial charge in [-0.25, -0.2) is 0 Å². The zero-order chi connectivity index (χ0) is 18.4. The van der Waals surface area contributed by atoms with E-state index in [-0.39, 0.29) is 17.8 Å². The maximum Gasteiger partial charge on any atom is 0.573 e. The van der Waals surface area contributed by atoms with Crippen molar-refractivity contribution in [2.24, 2.45) is 0 Å². The molecule has 0 fully saturated rings. The van der Waals surface area contributed by atoms with Gasteiger partial charge >= 0.3 is 6.36 Å². The van der Waals surface area contributed by atoms with E-state index in [1.165, 1.54) is 12.1 Å². The second-order valence-corrected chi connectivity index (χ2v) is 5.58. The minimum Gasteiger partial charge on any atom is -0.406 e. The molecule has 0 bridgehead atoms. The van der Waals surface area contributed by atoms with Gasteiger partial charge in [-0.1, -0.05) is 12.1 Å². The SMILES string of the molecule is CC(C)OCc1ccc(C(=O)Nc2ccc(OC(F)(F)F)cc2)cc1. The number of hydrogen-bond donors (Lipinski definition) is 1. The summed E-state index contributed by atoms with van der Waals surface area (Å²) in [5.74, 6) is -0.708. The fourth-order valence-corrected chi connectivity index (χ4v) is 1.96. The van der Waals surface area contributed by atoms with E-state index in [2.05, 4.69) is 10.1 Å². The Kier molecular flexibility index (Phi) is 6.03. The number of carbonyl (C=O) groups excluding carboxylic acids is 1. The van der Waals surface area contributed by atoms with Gasteiger partial charge in [-0.3, -0.25) is 4.79 Å². The molecule has 2 rings (SSSR count). The fraction of sp³-hybridized carbons (Fsp3) is 0.278. The van der Waals surface area contributed by atoms with E-state index in [4.69, 9.17) is 4.74 Å². The molecule has 0 aliphatic heterocycles. The smallest absolute Gasteiger partial charge is 0.406 e. The maximum atomic E-state index is 12.2. The third-order valence-corrected chi connectivity index (χ3v) is 3.15. The summed E-state index contributed by atoms with van der Waals surface area (Å²) in [5.41, 5.74) is 1.74. The van der Waals surface area contributed by atoms with Crippen LogP contribution in [0.1, 0.15) is 29.8 Å². The molecular weight excluding hydrogens is 335 g/mol. The molecule has 0 radical (unpaired) electrons. The molecule has 1 amide bonds. The van der Waals surface area contributed by atoms with Crippen molar-refractivity contribution < 1.29 is 27.4 Å². The number of amides is 1. The summed E-state index contributed by atoms with van der Waals surface area (Å²) < 4.78 is 45.6. The Labute approximate surface area is 143 Å². The highest BCUT2D eigenvalue weighted by Gasteiger charge is 2.30. The van der Waals surface area contributed by atoms with Crippen molar-refractivity contribution in [1.29, 1.82) is 0 Å². The minimum absolute atomic E-state index is 0.118. The number of ether oxygens (including phenoxy) is 2. The maximum absolute atomic E-state index is 12.2. The van der Waals surface area contributed by atoms with Crippen LogP contribution in [0.2, 0.25) is 0 Å². The first-order valence-electron chi connectivity index (χ1n) is 7.60. The van der Waals surface area contributed by atoms with Gasteiger partial charge in [0.2, 0.25) is 0 Å². The molecule has 4 nitrogen and oxygen atoms in total. The molecule has 0 heterocycles. The Morgan fingerprint density at radius 1 is 1.04 bits per heavy atom. The topological polar surface area (TPSA) is 47.6 Å². The summed E-state index contributed by atoms with van der Waals surface area (Å²) in [6.07, 6.45) is -4.63. The van der Waals surface area contributed by atoms with Crippen LogP contribution >= 0.6 is 0 Å². The number of alkyl halides is 3. The average Bonchev–Trinajstić information content (AvgIpc) is 2.54. The number of carbonyl (C=O) groups is 1. The molecule has 25 heavy (non-hydrogen) atoms. The van der Waals surface area contributed by atoms with Crippen LogP contribution in [0.5, 0.6) is 5.75 Å². The lowest BCUT2D eigenvalue weighted by molar-refractivity contribution is -0.274. The van der Waals surface area contributed by atoms with Gasteiger partial charge < -0.3 is 14.8 Å². The molecule has 1 N–H and O–H groups in total. The molecular formula is C18H18F3NO3. The van der Waals surface area contributed by atoms with Crippen molar-refractivity contribution in [1.82, 2.24) is 0 Å². The van der Waals surface area contributed by atoms with Crippen molar-refractivity contribution in [2.45, 2.75) is 32.9 Å². The molecule has 0 aliphatic rings. The Hall–Kier alpha value is -2.54. The second kappa shape index (κ2) is 8.02. The van der Waals surface area contributed by atoms with Gasteiger partial charge in [-0.2, -0.15) is 0 Å². The molecule has 0 atom stereocenters. The standard InChI is InChI=1S/C18H18F3NO3/c1-12(2)24-11-13-3-5-14(6-4-13)17(23)22-15-7-9-16(10-8-15)25-18(19,20)21/h3-10,12H,11H2,1-2H3,(H,22,23). The second-order valence-electron chi connectivity index (χ2n) is 5.58. The van der Waals surface area contributed by atoms with E-state index in [0.717, 1.165) is 17.7 Å². The summed E-state index contributed by atoms with van der Waals surface area (Å²) in [4.78, 5) is 12.2. The molecule has 0 aromatic heterocycles. The lowest BCUT2D eigenvalue weighted by Crippen LogP contribution is -2.17. The molecule has 0 saturated carbocycles. The Bertz CT molecular complexity index is 695. The van der Waals surface area contributed by atoms with Gasteiger partial charge in [0.25, 0.3) is 5.91 Å². The number of halogens is 3. The monoisotopic (exact) mass is 353 g/mol. The highest BCUT2D eigenvalue weighted by atomic mass is 19.4. The first-order valence-corrected chi connectivity index (χ1v) is 7.60. The summed E-state index contributed by atoms with van der Waals surface area (Å²) in [5, 5.41) is 2.61. The lowest BCUT2D eigenvalue weighted by Gasteiger charge is -2.10.